The first-order chi connectivity index (χ1) is 8.79. The van der Waals surface area contributed by atoms with E-state index in [1.165, 1.54) is 0 Å². The maximum atomic E-state index is 5.88. The molecule has 4 nitrogen and oxygen atoms in total. The summed E-state index contributed by atoms with van der Waals surface area (Å²) in [5.74, 6) is 1.43. The average molecular weight is 260 g/mol. The summed E-state index contributed by atoms with van der Waals surface area (Å²) in [4.78, 5) is 0. The van der Waals surface area contributed by atoms with Crippen LogP contribution in [-0.2, 0) is 0 Å². The van der Waals surface area contributed by atoms with Gasteiger partial charge in [0, 0.05) is 10.6 Å². The Hall–Kier alpha value is -2.07. The number of nitrogens with zero attached hydrogens (tertiary/aromatic N) is 3. The fraction of sp³-hybridized carbons (Fsp3) is 0.0769. The second-order valence-electron chi connectivity index (χ2n) is 3.79. The SMILES string of the molecule is COc1cccc2nnc(-c3ccc(Cl)cc3)n12. The quantitative estimate of drug-likeness (QED) is 0.710. The lowest BCUT2D eigenvalue weighted by Gasteiger charge is -2.05. The van der Waals surface area contributed by atoms with E-state index >= 15 is 0 Å². The van der Waals surface area contributed by atoms with Crippen molar-refractivity contribution in [3.63, 3.8) is 0 Å². The van der Waals surface area contributed by atoms with E-state index in [0.29, 0.717) is 10.9 Å². The highest BCUT2D eigenvalue weighted by Gasteiger charge is 2.11. The van der Waals surface area contributed by atoms with E-state index in [1.54, 1.807) is 7.11 Å². The molecule has 0 unspecified atom stereocenters. The Bertz CT molecular complexity index is 691. The molecule has 2 aromatic heterocycles. The summed E-state index contributed by atoms with van der Waals surface area (Å²) in [6, 6.07) is 13.1. The summed E-state index contributed by atoms with van der Waals surface area (Å²) in [6.07, 6.45) is 0. The molecule has 0 atom stereocenters. The zero-order valence-corrected chi connectivity index (χ0v) is 10.4. The molecule has 3 rings (SSSR count). The minimum absolute atomic E-state index is 0.694. The molecule has 0 saturated carbocycles. The van der Waals surface area contributed by atoms with Gasteiger partial charge in [0.2, 0.25) is 5.88 Å². The van der Waals surface area contributed by atoms with E-state index in [-0.39, 0.29) is 0 Å². The zero-order valence-electron chi connectivity index (χ0n) is 9.67. The summed E-state index contributed by atoms with van der Waals surface area (Å²) in [6.45, 7) is 0. The fourth-order valence-electron chi connectivity index (χ4n) is 1.86. The van der Waals surface area contributed by atoms with Crippen LogP contribution in [0.25, 0.3) is 17.0 Å². The lowest BCUT2D eigenvalue weighted by atomic mass is 10.2. The number of pyridine rings is 1. The molecular weight excluding hydrogens is 250 g/mol. The van der Waals surface area contributed by atoms with Crippen LogP contribution in [0.4, 0.5) is 0 Å². The molecule has 0 saturated heterocycles. The first kappa shape index (κ1) is 11.0. The number of hydrogen-bond donors (Lipinski definition) is 0. The second-order valence-corrected chi connectivity index (χ2v) is 4.23. The molecule has 5 heteroatoms. The van der Waals surface area contributed by atoms with E-state index in [2.05, 4.69) is 10.2 Å². The third-order valence-corrected chi connectivity index (χ3v) is 2.96. The molecule has 3 aromatic rings. The Kier molecular flexibility index (Phi) is 2.64. The third kappa shape index (κ3) is 1.71. The topological polar surface area (TPSA) is 39.4 Å². The highest BCUT2D eigenvalue weighted by molar-refractivity contribution is 6.30. The molecule has 0 aliphatic carbocycles. The Balaban J connectivity index is 2.26. The molecule has 90 valence electrons. The van der Waals surface area contributed by atoms with Gasteiger partial charge in [0.1, 0.15) is 0 Å². The maximum absolute atomic E-state index is 5.88. The van der Waals surface area contributed by atoms with Gasteiger partial charge in [-0.15, -0.1) is 10.2 Å². The largest absolute Gasteiger partial charge is 0.482 e. The van der Waals surface area contributed by atoms with Gasteiger partial charge >= 0.3 is 0 Å². The number of fused-ring (bicyclic) bond motifs is 1. The van der Waals surface area contributed by atoms with Crippen molar-refractivity contribution in [3.05, 3.63) is 47.5 Å². The predicted octanol–water partition coefficient (Wildman–Crippen LogP) is 3.06. The molecule has 2 heterocycles. The number of benzene rings is 1. The monoisotopic (exact) mass is 259 g/mol. The number of rotatable bonds is 2. The number of ether oxygens (including phenoxy) is 1. The standard InChI is InChI=1S/C13H10ClN3O/c1-18-12-4-2-3-11-15-16-13(17(11)12)9-5-7-10(14)8-6-9/h2-8H,1H3. The lowest BCUT2D eigenvalue weighted by Crippen LogP contribution is -1.95. The Morgan fingerprint density at radius 1 is 1.06 bits per heavy atom. The van der Waals surface area contributed by atoms with Gasteiger partial charge in [-0.3, -0.25) is 0 Å². The van der Waals surface area contributed by atoms with E-state index in [0.717, 1.165) is 17.0 Å². The number of halogens is 1. The minimum atomic E-state index is 0.694. The highest BCUT2D eigenvalue weighted by atomic mass is 35.5. The Morgan fingerprint density at radius 2 is 1.83 bits per heavy atom. The molecule has 0 radical (unpaired) electrons. The second kappa shape index (κ2) is 4.31. The molecule has 18 heavy (non-hydrogen) atoms. The Labute approximate surface area is 109 Å². The van der Waals surface area contributed by atoms with Crippen molar-refractivity contribution in [1.82, 2.24) is 14.6 Å². The average Bonchev–Trinajstić information content (AvgIpc) is 2.83. The molecule has 1 aromatic carbocycles. The van der Waals surface area contributed by atoms with Gasteiger partial charge in [0.25, 0.3) is 0 Å². The summed E-state index contributed by atoms with van der Waals surface area (Å²) in [5, 5.41) is 9.01. The Morgan fingerprint density at radius 3 is 2.56 bits per heavy atom. The molecule has 0 N–H and O–H groups in total. The van der Waals surface area contributed by atoms with Crippen LogP contribution in [0.1, 0.15) is 0 Å². The van der Waals surface area contributed by atoms with Crippen molar-refractivity contribution < 1.29 is 4.74 Å². The van der Waals surface area contributed by atoms with Crippen LogP contribution in [0.2, 0.25) is 5.02 Å². The van der Waals surface area contributed by atoms with E-state index in [4.69, 9.17) is 16.3 Å². The zero-order chi connectivity index (χ0) is 12.5. The van der Waals surface area contributed by atoms with Gasteiger partial charge in [-0.2, -0.15) is 0 Å². The third-order valence-electron chi connectivity index (χ3n) is 2.70. The van der Waals surface area contributed by atoms with Crippen molar-refractivity contribution in [2.24, 2.45) is 0 Å². The van der Waals surface area contributed by atoms with Crippen molar-refractivity contribution in [3.8, 4) is 17.3 Å². The molecule has 0 aliphatic rings. The first-order valence-electron chi connectivity index (χ1n) is 5.43. The van der Waals surface area contributed by atoms with Crippen LogP contribution >= 0.6 is 11.6 Å². The van der Waals surface area contributed by atoms with Crippen LogP contribution in [0.3, 0.4) is 0 Å². The minimum Gasteiger partial charge on any atom is -0.482 e. The molecule has 0 aliphatic heterocycles. The molecule has 0 bridgehead atoms. The van der Waals surface area contributed by atoms with Crippen molar-refractivity contribution >= 4 is 17.2 Å². The van der Waals surface area contributed by atoms with Gasteiger partial charge in [-0.1, -0.05) is 17.7 Å². The summed E-state index contributed by atoms with van der Waals surface area (Å²) in [7, 11) is 1.63. The smallest absolute Gasteiger partial charge is 0.200 e. The van der Waals surface area contributed by atoms with Crippen molar-refractivity contribution in [2.75, 3.05) is 7.11 Å². The van der Waals surface area contributed by atoms with Crippen LogP contribution in [0, 0.1) is 0 Å². The molecule has 0 amide bonds. The van der Waals surface area contributed by atoms with Crippen molar-refractivity contribution in [1.29, 1.82) is 0 Å². The van der Waals surface area contributed by atoms with Gasteiger partial charge in [-0.05, 0) is 36.4 Å². The van der Waals surface area contributed by atoms with Crippen LogP contribution in [0.5, 0.6) is 5.88 Å². The number of aromatic nitrogens is 3. The summed E-state index contributed by atoms with van der Waals surface area (Å²) in [5.41, 5.74) is 1.69. The normalized spacial score (nSPS) is 10.8. The van der Waals surface area contributed by atoms with E-state index < -0.39 is 0 Å². The highest BCUT2D eigenvalue weighted by Crippen LogP contribution is 2.24. The maximum Gasteiger partial charge on any atom is 0.200 e. The van der Waals surface area contributed by atoms with Gasteiger partial charge in [0.15, 0.2) is 11.5 Å². The fourth-order valence-corrected chi connectivity index (χ4v) is 1.98. The van der Waals surface area contributed by atoms with Gasteiger partial charge in [-0.25, -0.2) is 4.40 Å². The van der Waals surface area contributed by atoms with Crippen molar-refractivity contribution in [2.45, 2.75) is 0 Å². The van der Waals surface area contributed by atoms with Gasteiger partial charge < -0.3 is 4.74 Å². The van der Waals surface area contributed by atoms with Crippen LogP contribution < -0.4 is 4.74 Å². The van der Waals surface area contributed by atoms with Crippen LogP contribution in [-0.4, -0.2) is 21.7 Å². The molecular formula is C13H10ClN3O. The van der Waals surface area contributed by atoms with E-state index in [9.17, 15) is 0 Å². The summed E-state index contributed by atoms with van der Waals surface area (Å²) >= 11 is 5.88. The van der Waals surface area contributed by atoms with Crippen LogP contribution in [0.15, 0.2) is 42.5 Å². The summed E-state index contributed by atoms with van der Waals surface area (Å²) < 4.78 is 7.19. The predicted molar refractivity (Wildman–Crippen MR) is 70.0 cm³/mol. The molecule has 0 spiro atoms. The van der Waals surface area contributed by atoms with Gasteiger partial charge in [0.05, 0.1) is 7.11 Å². The number of hydrogen-bond acceptors (Lipinski definition) is 3. The first-order valence-corrected chi connectivity index (χ1v) is 5.81. The molecule has 0 fully saturated rings. The number of methoxy groups -OCH3 is 1. The van der Waals surface area contributed by atoms with E-state index in [1.807, 2.05) is 46.9 Å². The lowest BCUT2D eigenvalue weighted by molar-refractivity contribution is 0.393.